The summed E-state index contributed by atoms with van der Waals surface area (Å²) in [5.74, 6) is -1.12. The number of carbonyl (C=O) groups excluding carboxylic acids is 2. The highest BCUT2D eigenvalue weighted by Crippen LogP contribution is 2.28. The summed E-state index contributed by atoms with van der Waals surface area (Å²) < 4.78 is 40.6. The number of pyridine rings is 2. The predicted molar refractivity (Wildman–Crippen MR) is 136 cm³/mol. The maximum Gasteiger partial charge on any atom is 0.433 e. The lowest BCUT2D eigenvalue weighted by Crippen LogP contribution is -2.24. The van der Waals surface area contributed by atoms with Crippen LogP contribution in [0, 0.1) is 18.3 Å². The zero-order valence-corrected chi connectivity index (χ0v) is 21.2. The van der Waals surface area contributed by atoms with Gasteiger partial charge in [0.25, 0.3) is 11.8 Å². The number of anilines is 1. The van der Waals surface area contributed by atoms with E-state index in [9.17, 15) is 28.0 Å². The number of alkyl halides is 3. The Labute approximate surface area is 225 Å². The van der Waals surface area contributed by atoms with Crippen LogP contribution in [-0.4, -0.2) is 38.6 Å². The number of hydrogen-bond donors (Lipinski definition) is 2. The highest BCUT2D eigenvalue weighted by Gasteiger charge is 2.32. The number of amides is 2. The summed E-state index contributed by atoms with van der Waals surface area (Å²) in [6.45, 7) is 1.63. The molecule has 0 saturated heterocycles. The Bertz CT molecular complexity index is 1630. The molecule has 0 aliphatic carbocycles. The first-order valence-electron chi connectivity index (χ1n) is 11.3. The number of carbonyl (C=O) groups is 2. The zero-order chi connectivity index (χ0) is 28.3. The first kappa shape index (κ1) is 27.3. The van der Waals surface area contributed by atoms with E-state index < -0.39 is 23.7 Å². The molecule has 0 fully saturated rings. The molecule has 39 heavy (non-hydrogen) atoms. The molecule has 0 saturated carbocycles. The van der Waals surface area contributed by atoms with Crippen molar-refractivity contribution in [1.29, 1.82) is 5.26 Å². The van der Waals surface area contributed by atoms with Gasteiger partial charge in [0.15, 0.2) is 5.82 Å². The summed E-state index contributed by atoms with van der Waals surface area (Å²) >= 11 is 6.30. The minimum Gasteiger partial charge on any atom is -0.355 e. The second kappa shape index (κ2) is 10.9. The van der Waals surface area contributed by atoms with Crippen LogP contribution in [0.15, 0.2) is 54.7 Å². The van der Waals surface area contributed by atoms with Crippen molar-refractivity contribution in [3.05, 3.63) is 99.2 Å². The quantitative estimate of drug-likeness (QED) is 0.356. The number of aromatic nitrogens is 4. The zero-order valence-electron chi connectivity index (χ0n) is 20.5. The summed E-state index contributed by atoms with van der Waals surface area (Å²) in [6, 6.07) is 12.8. The minimum atomic E-state index is -4.62. The third-order valence-corrected chi connectivity index (χ3v) is 5.86. The van der Waals surface area contributed by atoms with Crippen molar-refractivity contribution in [3.8, 4) is 11.9 Å². The van der Waals surface area contributed by atoms with Gasteiger partial charge in [-0.3, -0.25) is 9.59 Å². The van der Waals surface area contributed by atoms with Crippen molar-refractivity contribution in [2.75, 3.05) is 12.4 Å². The maximum absolute atomic E-state index is 13.5. The first-order valence-corrected chi connectivity index (χ1v) is 11.7. The molecule has 0 bridgehead atoms. The van der Waals surface area contributed by atoms with Gasteiger partial charge >= 0.3 is 6.18 Å². The van der Waals surface area contributed by atoms with E-state index in [0.29, 0.717) is 5.56 Å². The smallest absolute Gasteiger partial charge is 0.355 e. The summed E-state index contributed by atoms with van der Waals surface area (Å²) in [5.41, 5.74) is 0.112. The van der Waals surface area contributed by atoms with Crippen LogP contribution in [0.4, 0.5) is 18.9 Å². The summed E-state index contributed by atoms with van der Waals surface area (Å²) in [4.78, 5) is 33.9. The molecule has 4 aromatic rings. The second-order valence-electron chi connectivity index (χ2n) is 8.29. The molecule has 13 heteroatoms. The first-order chi connectivity index (χ1) is 18.5. The summed E-state index contributed by atoms with van der Waals surface area (Å²) in [5, 5.41) is 19.0. The van der Waals surface area contributed by atoms with E-state index in [1.54, 1.807) is 13.0 Å². The number of benzene rings is 1. The summed E-state index contributed by atoms with van der Waals surface area (Å²) in [6.07, 6.45) is -3.31. The van der Waals surface area contributed by atoms with Gasteiger partial charge in [-0.2, -0.15) is 23.5 Å². The molecule has 198 valence electrons. The number of nitriles is 1. The molecule has 0 spiro atoms. The van der Waals surface area contributed by atoms with Gasteiger partial charge in [0, 0.05) is 25.4 Å². The van der Waals surface area contributed by atoms with Crippen molar-refractivity contribution in [3.63, 3.8) is 0 Å². The molecular formula is C26H19ClF3N7O2. The van der Waals surface area contributed by atoms with Gasteiger partial charge in [-0.1, -0.05) is 17.7 Å². The fourth-order valence-electron chi connectivity index (χ4n) is 3.80. The number of aryl methyl sites for hydroxylation is 1. The second-order valence-corrected chi connectivity index (χ2v) is 8.70. The number of hydrogen-bond acceptors (Lipinski definition) is 6. The van der Waals surface area contributed by atoms with Gasteiger partial charge in [0.2, 0.25) is 0 Å². The van der Waals surface area contributed by atoms with E-state index in [1.807, 2.05) is 6.07 Å². The molecule has 0 aliphatic heterocycles. The molecule has 9 nitrogen and oxygen atoms in total. The van der Waals surface area contributed by atoms with Crippen LogP contribution in [0.5, 0.6) is 0 Å². The number of rotatable bonds is 6. The molecule has 3 aromatic heterocycles. The largest absolute Gasteiger partial charge is 0.433 e. The fourth-order valence-corrected chi connectivity index (χ4v) is 4.00. The van der Waals surface area contributed by atoms with Gasteiger partial charge in [0.05, 0.1) is 33.6 Å². The van der Waals surface area contributed by atoms with E-state index in [4.69, 9.17) is 11.6 Å². The average Bonchev–Trinajstić information content (AvgIpc) is 3.32. The fraction of sp³-hybridized carbons (Fsp3) is 0.154. The van der Waals surface area contributed by atoms with Crippen LogP contribution in [-0.2, 0) is 12.6 Å². The van der Waals surface area contributed by atoms with Crippen LogP contribution in [0.1, 0.15) is 49.1 Å². The van der Waals surface area contributed by atoms with Gasteiger partial charge < -0.3 is 10.6 Å². The number of halogens is 4. The molecule has 2 N–H and O–H groups in total. The van der Waals surface area contributed by atoms with Gasteiger partial charge in [0.1, 0.15) is 11.4 Å². The molecule has 0 aliphatic rings. The van der Waals surface area contributed by atoms with E-state index in [2.05, 4.69) is 25.7 Å². The molecule has 0 radical (unpaired) electrons. The van der Waals surface area contributed by atoms with Crippen LogP contribution < -0.4 is 10.6 Å². The lowest BCUT2D eigenvalue weighted by Gasteiger charge is -2.14. The molecule has 4 rings (SSSR count). The molecule has 0 unspecified atom stereocenters. The number of nitrogens with zero attached hydrogens (tertiary/aromatic N) is 5. The highest BCUT2D eigenvalue weighted by molar-refractivity contribution is 6.32. The van der Waals surface area contributed by atoms with Crippen molar-refractivity contribution < 1.29 is 22.8 Å². The maximum atomic E-state index is 13.5. The minimum absolute atomic E-state index is 0.0517. The lowest BCUT2D eigenvalue weighted by atomic mass is 10.0. The standard InChI is InChI=1S/C26H19ClF3N7O2/c1-14-9-15(13-31)10-18(24(38)32-2)22(14)35-25(39)20-12-17(36-37(20)23-19(27)6-4-8-33-23)11-16-5-3-7-21(34-16)26(28,29)30/h3-10,12H,11H2,1-2H3,(H,32,38)(H,35,39). The Morgan fingerprint density at radius 2 is 1.87 bits per heavy atom. The van der Waals surface area contributed by atoms with Crippen LogP contribution in [0.3, 0.4) is 0 Å². The Balaban J connectivity index is 1.78. The molecule has 0 atom stereocenters. The topological polar surface area (TPSA) is 126 Å². The van der Waals surface area contributed by atoms with Gasteiger partial charge in [-0.15, -0.1) is 0 Å². The lowest BCUT2D eigenvalue weighted by molar-refractivity contribution is -0.141. The van der Waals surface area contributed by atoms with E-state index in [1.165, 1.54) is 54.3 Å². The van der Waals surface area contributed by atoms with Crippen molar-refractivity contribution in [2.45, 2.75) is 19.5 Å². The Kier molecular flexibility index (Phi) is 7.64. The monoisotopic (exact) mass is 553 g/mol. The molecule has 3 heterocycles. The van der Waals surface area contributed by atoms with Crippen molar-refractivity contribution in [2.24, 2.45) is 0 Å². The Hall–Kier alpha value is -4.76. The van der Waals surface area contributed by atoms with E-state index in [0.717, 1.165) is 6.07 Å². The summed E-state index contributed by atoms with van der Waals surface area (Å²) in [7, 11) is 1.41. The predicted octanol–water partition coefficient (Wildman–Crippen LogP) is 4.72. The van der Waals surface area contributed by atoms with Gasteiger partial charge in [-0.05, 0) is 55.0 Å². The normalized spacial score (nSPS) is 11.1. The van der Waals surface area contributed by atoms with Crippen LogP contribution in [0.25, 0.3) is 5.82 Å². The van der Waals surface area contributed by atoms with Crippen molar-refractivity contribution in [1.82, 2.24) is 25.1 Å². The van der Waals surface area contributed by atoms with Crippen LogP contribution in [0.2, 0.25) is 5.02 Å². The Morgan fingerprint density at radius 3 is 2.54 bits per heavy atom. The van der Waals surface area contributed by atoms with E-state index in [-0.39, 0.29) is 51.2 Å². The third kappa shape index (κ3) is 5.89. The average molecular weight is 554 g/mol. The highest BCUT2D eigenvalue weighted by atomic mass is 35.5. The molecule has 2 amide bonds. The molecule has 1 aromatic carbocycles. The van der Waals surface area contributed by atoms with Gasteiger partial charge in [-0.25, -0.2) is 14.6 Å². The van der Waals surface area contributed by atoms with Crippen LogP contribution >= 0.6 is 11.6 Å². The van der Waals surface area contributed by atoms with Crippen molar-refractivity contribution >= 4 is 29.1 Å². The molecular weight excluding hydrogens is 535 g/mol. The number of nitrogens with one attached hydrogen (secondary N) is 2. The van der Waals surface area contributed by atoms with E-state index >= 15 is 0 Å². The SMILES string of the molecule is CNC(=O)c1cc(C#N)cc(C)c1NC(=O)c1cc(Cc2cccc(C(F)(F)F)n2)nn1-c1ncccc1Cl. The Morgan fingerprint density at radius 1 is 1.10 bits per heavy atom. The third-order valence-electron chi connectivity index (χ3n) is 5.57.